The lowest BCUT2D eigenvalue weighted by Gasteiger charge is -2.19. The van der Waals surface area contributed by atoms with Crippen molar-refractivity contribution < 1.29 is 22.3 Å². The molecule has 0 aliphatic carbocycles. The fourth-order valence-corrected chi connectivity index (χ4v) is 4.45. The highest BCUT2D eigenvalue weighted by Gasteiger charge is 2.23. The van der Waals surface area contributed by atoms with E-state index in [2.05, 4.69) is 42.0 Å². The second-order valence-electron chi connectivity index (χ2n) is 8.53. The van der Waals surface area contributed by atoms with Gasteiger partial charge in [-0.05, 0) is 52.8 Å². The summed E-state index contributed by atoms with van der Waals surface area (Å²) in [6, 6.07) is 19.7. The third kappa shape index (κ3) is 4.79. The van der Waals surface area contributed by atoms with Gasteiger partial charge in [0.25, 0.3) is 0 Å². The summed E-state index contributed by atoms with van der Waals surface area (Å²) < 4.78 is 62.6. The maximum atomic E-state index is 15.1. The standard InChI is InChI=1S/C29H26F4O/c1-3-4-7-21(15-18-10-11-19-8-5-6-9-20(19)14-18)22-12-13-23(25(30)16-22)24-17-26(31)29(34-2)28(33)27(24)32/h5-6,8-14,16-17,21H,3-4,7,15H2,1-2H3. The Bertz CT molecular complexity index is 1320. The highest BCUT2D eigenvalue weighted by atomic mass is 19.2. The molecule has 0 heterocycles. The van der Waals surface area contributed by atoms with Crippen molar-refractivity contribution in [2.24, 2.45) is 0 Å². The number of halogens is 4. The fourth-order valence-electron chi connectivity index (χ4n) is 4.45. The molecule has 1 unspecified atom stereocenters. The van der Waals surface area contributed by atoms with Gasteiger partial charge in [0.15, 0.2) is 17.4 Å². The van der Waals surface area contributed by atoms with E-state index in [0.717, 1.165) is 60.8 Å². The molecule has 0 spiro atoms. The Hall–Kier alpha value is -3.34. The Balaban J connectivity index is 1.68. The molecular weight excluding hydrogens is 440 g/mol. The zero-order valence-corrected chi connectivity index (χ0v) is 19.2. The fraction of sp³-hybridized carbons (Fsp3) is 0.241. The van der Waals surface area contributed by atoms with Crippen LogP contribution < -0.4 is 4.74 Å². The van der Waals surface area contributed by atoms with Crippen molar-refractivity contribution in [1.29, 1.82) is 0 Å². The molecule has 4 aromatic rings. The van der Waals surface area contributed by atoms with Crippen LogP contribution in [0.5, 0.6) is 5.75 Å². The summed E-state index contributed by atoms with van der Waals surface area (Å²) in [5.41, 5.74) is 1.26. The number of hydrogen-bond donors (Lipinski definition) is 0. The normalized spacial score (nSPS) is 12.2. The van der Waals surface area contributed by atoms with Gasteiger partial charge in [-0.2, -0.15) is 4.39 Å². The minimum absolute atomic E-state index is 0.0545. The molecule has 34 heavy (non-hydrogen) atoms. The first-order chi connectivity index (χ1) is 16.4. The summed E-state index contributed by atoms with van der Waals surface area (Å²) in [4.78, 5) is 0. The van der Waals surface area contributed by atoms with E-state index in [4.69, 9.17) is 0 Å². The molecule has 0 N–H and O–H groups in total. The van der Waals surface area contributed by atoms with Gasteiger partial charge in [0, 0.05) is 11.1 Å². The third-order valence-corrected chi connectivity index (χ3v) is 6.28. The first kappa shape index (κ1) is 23.8. The van der Waals surface area contributed by atoms with Gasteiger partial charge in [0.2, 0.25) is 5.82 Å². The molecule has 0 amide bonds. The van der Waals surface area contributed by atoms with Crippen molar-refractivity contribution in [2.45, 2.75) is 38.5 Å². The molecule has 176 valence electrons. The minimum atomic E-state index is -1.47. The van der Waals surface area contributed by atoms with Crippen LogP contribution in [0.4, 0.5) is 17.6 Å². The minimum Gasteiger partial charge on any atom is -0.491 e. The van der Waals surface area contributed by atoms with Gasteiger partial charge in [-0.15, -0.1) is 0 Å². The van der Waals surface area contributed by atoms with Crippen molar-refractivity contribution in [2.75, 3.05) is 7.11 Å². The van der Waals surface area contributed by atoms with E-state index >= 15 is 4.39 Å². The Morgan fingerprint density at radius 2 is 1.53 bits per heavy atom. The molecule has 0 aliphatic heterocycles. The Morgan fingerprint density at radius 3 is 2.24 bits per heavy atom. The van der Waals surface area contributed by atoms with Crippen LogP contribution in [-0.4, -0.2) is 7.11 Å². The van der Waals surface area contributed by atoms with E-state index in [1.54, 1.807) is 6.07 Å². The quantitative estimate of drug-likeness (QED) is 0.187. The number of benzene rings is 4. The number of hydrogen-bond acceptors (Lipinski definition) is 1. The van der Waals surface area contributed by atoms with Gasteiger partial charge >= 0.3 is 0 Å². The van der Waals surface area contributed by atoms with Crippen LogP contribution in [0.3, 0.4) is 0 Å². The Kier molecular flexibility index (Phi) is 7.20. The number of methoxy groups -OCH3 is 1. The van der Waals surface area contributed by atoms with E-state index < -0.39 is 34.6 Å². The van der Waals surface area contributed by atoms with Crippen molar-refractivity contribution in [3.8, 4) is 16.9 Å². The van der Waals surface area contributed by atoms with Crippen molar-refractivity contribution in [3.63, 3.8) is 0 Å². The van der Waals surface area contributed by atoms with Crippen molar-refractivity contribution in [1.82, 2.24) is 0 Å². The average molecular weight is 467 g/mol. The van der Waals surface area contributed by atoms with Gasteiger partial charge < -0.3 is 4.74 Å². The highest BCUT2D eigenvalue weighted by Crippen LogP contribution is 2.36. The molecule has 1 atom stereocenters. The van der Waals surface area contributed by atoms with Crippen LogP contribution in [0.25, 0.3) is 21.9 Å². The van der Waals surface area contributed by atoms with Gasteiger partial charge in [-0.1, -0.05) is 74.4 Å². The van der Waals surface area contributed by atoms with E-state index in [0.29, 0.717) is 0 Å². The monoisotopic (exact) mass is 466 g/mol. The van der Waals surface area contributed by atoms with Crippen LogP contribution in [0.1, 0.15) is 43.2 Å². The topological polar surface area (TPSA) is 9.23 Å². The van der Waals surface area contributed by atoms with Crippen molar-refractivity contribution >= 4 is 10.8 Å². The average Bonchev–Trinajstić information content (AvgIpc) is 2.84. The molecule has 5 heteroatoms. The maximum Gasteiger partial charge on any atom is 0.204 e. The summed E-state index contributed by atoms with van der Waals surface area (Å²) in [6.45, 7) is 2.10. The number of unbranched alkanes of at least 4 members (excludes halogenated alkanes) is 1. The molecule has 4 aromatic carbocycles. The van der Waals surface area contributed by atoms with Crippen LogP contribution in [0.2, 0.25) is 0 Å². The highest BCUT2D eigenvalue weighted by molar-refractivity contribution is 5.83. The second-order valence-corrected chi connectivity index (χ2v) is 8.53. The first-order valence-electron chi connectivity index (χ1n) is 11.4. The third-order valence-electron chi connectivity index (χ3n) is 6.28. The Labute approximate surface area is 197 Å². The van der Waals surface area contributed by atoms with Crippen LogP contribution in [-0.2, 0) is 6.42 Å². The van der Waals surface area contributed by atoms with Crippen LogP contribution >= 0.6 is 0 Å². The molecule has 0 aliphatic rings. The van der Waals surface area contributed by atoms with E-state index in [1.165, 1.54) is 12.1 Å². The zero-order valence-electron chi connectivity index (χ0n) is 19.2. The molecule has 1 nitrogen and oxygen atoms in total. The predicted molar refractivity (Wildman–Crippen MR) is 128 cm³/mol. The molecule has 4 rings (SSSR count). The van der Waals surface area contributed by atoms with Gasteiger partial charge in [0.1, 0.15) is 5.82 Å². The Morgan fingerprint density at radius 1 is 0.765 bits per heavy atom. The lowest BCUT2D eigenvalue weighted by Crippen LogP contribution is -2.05. The first-order valence-corrected chi connectivity index (χ1v) is 11.4. The SMILES string of the molecule is CCCCC(Cc1ccc2ccccc2c1)c1ccc(-c2cc(F)c(OC)c(F)c2F)c(F)c1. The molecule has 0 radical (unpaired) electrons. The smallest absolute Gasteiger partial charge is 0.204 e. The lowest BCUT2D eigenvalue weighted by molar-refractivity contribution is 0.347. The summed E-state index contributed by atoms with van der Waals surface area (Å²) in [7, 11) is 1.04. The molecule has 0 saturated carbocycles. The van der Waals surface area contributed by atoms with Gasteiger partial charge in [-0.25, -0.2) is 13.2 Å². The van der Waals surface area contributed by atoms with Gasteiger partial charge in [-0.3, -0.25) is 0 Å². The molecule has 0 bridgehead atoms. The number of rotatable bonds is 8. The van der Waals surface area contributed by atoms with Gasteiger partial charge in [0.05, 0.1) is 7.11 Å². The van der Waals surface area contributed by atoms with E-state index in [-0.39, 0.29) is 11.5 Å². The largest absolute Gasteiger partial charge is 0.491 e. The van der Waals surface area contributed by atoms with Crippen LogP contribution in [0.15, 0.2) is 66.7 Å². The lowest BCUT2D eigenvalue weighted by atomic mass is 9.86. The molecule has 0 saturated heterocycles. The molecule has 0 fully saturated rings. The summed E-state index contributed by atoms with van der Waals surface area (Å²) in [5.74, 6) is -5.40. The number of fused-ring (bicyclic) bond motifs is 1. The number of ether oxygens (including phenoxy) is 1. The maximum absolute atomic E-state index is 15.1. The molecular formula is C29H26F4O. The van der Waals surface area contributed by atoms with Crippen molar-refractivity contribution in [3.05, 3.63) is 101 Å². The summed E-state index contributed by atoms with van der Waals surface area (Å²) in [5, 5.41) is 2.31. The molecule has 0 aromatic heterocycles. The summed E-state index contributed by atoms with van der Waals surface area (Å²) >= 11 is 0. The van der Waals surface area contributed by atoms with E-state index in [1.807, 2.05) is 12.1 Å². The van der Waals surface area contributed by atoms with E-state index in [9.17, 15) is 13.2 Å². The summed E-state index contributed by atoms with van der Waals surface area (Å²) in [6.07, 6.45) is 3.57. The second kappa shape index (κ2) is 10.3. The van der Waals surface area contributed by atoms with Crippen LogP contribution in [0, 0.1) is 23.3 Å². The zero-order chi connectivity index (χ0) is 24.2. The predicted octanol–water partition coefficient (Wildman–Crippen LogP) is 8.59.